The highest BCUT2D eigenvalue weighted by molar-refractivity contribution is 5.83. The van der Waals surface area contributed by atoms with Gasteiger partial charge in [-0.2, -0.15) is 0 Å². The second-order valence-electron chi connectivity index (χ2n) is 7.07. The van der Waals surface area contributed by atoms with Gasteiger partial charge in [0.1, 0.15) is 6.61 Å². The molecular formula is C24H27NO5. The molecule has 158 valence electrons. The molecule has 1 heterocycles. The van der Waals surface area contributed by atoms with Gasteiger partial charge in [-0.05, 0) is 29.0 Å². The van der Waals surface area contributed by atoms with E-state index in [2.05, 4.69) is 35.6 Å². The summed E-state index contributed by atoms with van der Waals surface area (Å²) >= 11 is 0. The predicted octanol–water partition coefficient (Wildman–Crippen LogP) is 3.94. The van der Waals surface area contributed by atoms with Gasteiger partial charge in [-0.25, -0.2) is 0 Å². The number of hydrogen-bond donors (Lipinski definition) is 1. The van der Waals surface area contributed by atoms with Gasteiger partial charge in [-0.3, -0.25) is 0 Å². The van der Waals surface area contributed by atoms with Crippen molar-refractivity contribution in [1.29, 1.82) is 0 Å². The molecule has 1 aliphatic heterocycles. The van der Waals surface area contributed by atoms with Crippen molar-refractivity contribution in [2.45, 2.75) is 12.4 Å². The zero-order valence-corrected chi connectivity index (χ0v) is 17.3. The summed E-state index contributed by atoms with van der Waals surface area (Å²) in [6, 6.07) is 20.1. The Hall–Kier alpha value is -2.80. The monoisotopic (exact) mass is 409 g/mol. The lowest BCUT2D eigenvalue weighted by molar-refractivity contribution is -0.0595. The second kappa shape index (κ2) is 9.80. The summed E-state index contributed by atoms with van der Waals surface area (Å²) in [7, 11) is 3.23. The molecule has 4 rings (SSSR count). The number of ether oxygens (including phenoxy) is 5. The molecule has 0 unspecified atom stereocenters. The minimum Gasteiger partial charge on any atom is -0.493 e. The molecule has 1 aliphatic rings. The van der Waals surface area contributed by atoms with E-state index in [1.165, 1.54) is 10.8 Å². The summed E-state index contributed by atoms with van der Waals surface area (Å²) < 4.78 is 28.5. The quantitative estimate of drug-likeness (QED) is 0.540. The van der Waals surface area contributed by atoms with Crippen molar-refractivity contribution in [3.63, 3.8) is 0 Å². The maximum atomic E-state index is 6.07. The van der Waals surface area contributed by atoms with E-state index in [1.807, 2.05) is 30.3 Å². The SMILES string of the molecule is COc1cccc(OC)c1OCCNC[C@@H]1CO[C@H](c2ccc3ccccc3c2)O1. The Kier molecular flexibility index (Phi) is 6.69. The molecule has 0 spiro atoms. The van der Waals surface area contributed by atoms with Crippen LogP contribution in [0.3, 0.4) is 0 Å². The highest BCUT2D eigenvalue weighted by Crippen LogP contribution is 2.36. The Bertz CT molecular complexity index is 954. The molecule has 0 bridgehead atoms. The smallest absolute Gasteiger partial charge is 0.203 e. The van der Waals surface area contributed by atoms with Crippen molar-refractivity contribution in [1.82, 2.24) is 5.32 Å². The molecule has 30 heavy (non-hydrogen) atoms. The summed E-state index contributed by atoms with van der Waals surface area (Å²) in [5.74, 6) is 1.92. The first-order valence-electron chi connectivity index (χ1n) is 10.1. The van der Waals surface area contributed by atoms with E-state index >= 15 is 0 Å². The van der Waals surface area contributed by atoms with Gasteiger partial charge in [-0.15, -0.1) is 0 Å². The molecule has 1 saturated heterocycles. The number of methoxy groups -OCH3 is 2. The van der Waals surface area contributed by atoms with Crippen LogP contribution in [0.4, 0.5) is 0 Å². The lowest BCUT2D eigenvalue weighted by Gasteiger charge is -2.15. The zero-order chi connectivity index (χ0) is 20.8. The lowest BCUT2D eigenvalue weighted by atomic mass is 10.1. The van der Waals surface area contributed by atoms with Crippen molar-refractivity contribution in [3.8, 4) is 17.2 Å². The van der Waals surface area contributed by atoms with Gasteiger partial charge in [0.05, 0.1) is 26.9 Å². The second-order valence-corrected chi connectivity index (χ2v) is 7.07. The Balaban J connectivity index is 1.23. The molecular weight excluding hydrogens is 382 g/mol. The lowest BCUT2D eigenvalue weighted by Crippen LogP contribution is -2.31. The first-order chi connectivity index (χ1) is 14.8. The number of rotatable bonds is 9. The molecule has 3 aromatic carbocycles. The van der Waals surface area contributed by atoms with Gasteiger partial charge >= 0.3 is 0 Å². The van der Waals surface area contributed by atoms with Gasteiger partial charge in [0, 0.05) is 18.7 Å². The molecule has 0 saturated carbocycles. The molecule has 0 aliphatic carbocycles. The Labute approximate surface area is 176 Å². The van der Waals surface area contributed by atoms with Gasteiger partial charge in [0.2, 0.25) is 5.75 Å². The third-order valence-electron chi connectivity index (χ3n) is 5.08. The van der Waals surface area contributed by atoms with Crippen LogP contribution in [0.25, 0.3) is 10.8 Å². The minimum absolute atomic E-state index is 0.00210. The van der Waals surface area contributed by atoms with Crippen molar-refractivity contribution in [3.05, 3.63) is 66.2 Å². The number of benzene rings is 3. The maximum Gasteiger partial charge on any atom is 0.203 e. The van der Waals surface area contributed by atoms with Crippen LogP contribution >= 0.6 is 0 Å². The van der Waals surface area contributed by atoms with Gasteiger partial charge < -0.3 is 29.0 Å². The zero-order valence-electron chi connectivity index (χ0n) is 17.3. The van der Waals surface area contributed by atoms with E-state index in [1.54, 1.807) is 14.2 Å². The fourth-order valence-corrected chi connectivity index (χ4v) is 3.53. The highest BCUT2D eigenvalue weighted by Gasteiger charge is 2.27. The van der Waals surface area contributed by atoms with E-state index in [9.17, 15) is 0 Å². The van der Waals surface area contributed by atoms with Crippen molar-refractivity contribution in [2.24, 2.45) is 0 Å². The molecule has 6 nitrogen and oxygen atoms in total. The fraction of sp³-hybridized carbons (Fsp3) is 0.333. The minimum atomic E-state index is -0.324. The summed E-state index contributed by atoms with van der Waals surface area (Å²) in [5.41, 5.74) is 1.04. The average molecular weight is 409 g/mol. The van der Waals surface area contributed by atoms with Crippen LogP contribution in [0.1, 0.15) is 11.9 Å². The van der Waals surface area contributed by atoms with Crippen LogP contribution in [0.2, 0.25) is 0 Å². The molecule has 3 aromatic rings. The molecule has 1 fully saturated rings. The fourth-order valence-electron chi connectivity index (χ4n) is 3.53. The molecule has 0 aromatic heterocycles. The Morgan fingerprint density at radius 2 is 1.70 bits per heavy atom. The molecule has 2 atom stereocenters. The normalized spacial score (nSPS) is 18.5. The number of fused-ring (bicyclic) bond motifs is 1. The first kappa shape index (κ1) is 20.5. The Morgan fingerprint density at radius 1 is 0.933 bits per heavy atom. The molecule has 1 N–H and O–H groups in total. The van der Waals surface area contributed by atoms with Crippen LogP contribution in [-0.2, 0) is 9.47 Å². The van der Waals surface area contributed by atoms with Crippen LogP contribution < -0.4 is 19.5 Å². The van der Waals surface area contributed by atoms with Crippen molar-refractivity contribution >= 4 is 10.8 Å². The third kappa shape index (κ3) is 4.67. The van der Waals surface area contributed by atoms with Crippen molar-refractivity contribution < 1.29 is 23.7 Å². The van der Waals surface area contributed by atoms with Gasteiger partial charge in [0.25, 0.3) is 0 Å². The van der Waals surface area contributed by atoms with E-state index in [4.69, 9.17) is 23.7 Å². The predicted molar refractivity (Wildman–Crippen MR) is 115 cm³/mol. The number of para-hydroxylation sites is 1. The number of nitrogens with one attached hydrogen (secondary N) is 1. The first-order valence-corrected chi connectivity index (χ1v) is 10.1. The van der Waals surface area contributed by atoms with E-state index < -0.39 is 0 Å². The number of hydrogen-bond acceptors (Lipinski definition) is 6. The van der Waals surface area contributed by atoms with E-state index in [-0.39, 0.29) is 12.4 Å². The van der Waals surface area contributed by atoms with Crippen LogP contribution in [0.5, 0.6) is 17.2 Å². The molecule has 0 amide bonds. The van der Waals surface area contributed by atoms with Crippen LogP contribution in [0, 0.1) is 0 Å². The largest absolute Gasteiger partial charge is 0.493 e. The molecule has 0 radical (unpaired) electrons. The van der Waals surface area contributed by atoms with Crippen molar-refractivity contribution in [2.75, 3.05) is 40.5 Å². The third-order valence-corrected chi connectivity index (χ3v) is 5.08. The Morgan fingerprint density at radius 3 is 2.47 bits per heavy atom. The molecule has 6 heteroatoms. The maximum absolute atomic E-state index is 6.07. The summed E-state index contributed by atoms with van der Waals surface area (Å²) in [6.07, 6.45) is -0.322. The van der Waals surface area contributed by atoms with Gasteiger partial charge in [-0.1, -0.05) is 42.5 Å². The van der Waals surface area contributed by atoms with Crippen LogP contribution in [0.15, 0.2) is 60.7 Å². The topological polar surface area (TPSA) is 58.2 Å². The summed E-state index contributed by atoms with van der Waals surface area (Å²) in [5, 5.41) is 5.76. The summed E-state index contributed by atoms with van der Waals surface area (Å²) in [6.45, 7) is 2.41. The van der Waals surface area contributed by atoms with Gasteiger partial charge in [0.15, 0.2) is 17.8 Å². The van der Waals surface area contributed by atoms with Crippen LogP contribution in [-0.4, -0.2) is 46.6 Å². The van der Waals surface area contributed by atoms with E-state index in [0.717, 1.165) is 5.56 Å². The summed E-state index contributed by atoms with van der Waals surface area (Å²) in [4.78, 5) is 0. The van der Waals surface area contributed by atoms with E-state index in [0.29, 0.717) is 43.6 Å². The standard InChI is InChI=1S/C24H27NO5/c1-26-21-8-5-9-22(27-2)23(21)28-13-12-25-15-20-16-29-24(30-20)19-11-10-17-6-3-4-7-18(17)14-19/h3-11,14,20,24-25H,12-13,15-16H2,1-2H3/t20-,24+/m1/s1. The highest BCUT2D eigenvalue weighted by atomic mass is 16.7. The average Bonchev–Trinajstić information content (AvgIpc) is 3.27.